The van der Waals surface area contributed by atoms with Crippen LogP contribution in [0.25, 0.3) is 0 Å². The first-order valence-electron chi connectivity index (χ1n) is 7.24. The van der Waals surface area contributed by atoms with Gasteiger partial charge in [-0.15, -0.1) is 0 Å². The lowest BCUT2D eigenvalue weighted by Gasteiger charge is -2.12. The molecule has 0 aromatic heterocycles. The van der Waals surface area contributed by atoms with Crippen LogP contribution in [0.2, 0.25) is 0 Å². The molecule has 2 nitrogen and oxygen atoms in total. The number of ether oxygens (including phenoxy) is 1. The highest BCUT2D eigenvalue weighted by Crippen LogP contribution is 2.28. The normalized spacial score (nSPS) is 16.6. The molecule has 1 aromatic rings. The fourth-order valence-electron chi connectivity index (χ4n) is 2.08. The van der Waals surface area contributed by atoms with Gasteiger partial charge in [0.15, 0.2) is 0 Å². The quantitative estimate of drug-likeness (QED) is 0.697. The van der Waals surface area contributed by atoms with Crippen molar-refractivity contribution in [1.29, 1.82) is 0 Å². The van der Waals surface area contributed by atoms with Gasteiger partial charge in [-0.25, -0.2) is 0 Å². The zero-order chi connectivity index (χ0) is 12.8. The van der Waals surface area contributed by atoms with Crippen molar-refractivity contribution in [3.63, 3.8) is 0 Å². The smallest absolute Gasteiger partial charge is 0.119 e. The molecular weight excluding hydrogens is 224 g/mol. The summed E-state index contributed by atoms with van der Waals surface area (Å²) >= 11 is 0. The molecule has 1 saturated carbocycles. The van der Waals surface area contributed by atoms with E-state index in [1.807, 2.05) is 24.3 Å². The molecule has 0 bridgehead atoms. The highest BCUT2D eigenvalue weighted by atomic mass is 16.5. The van der Waals surface area contributed by atoms with E-state index in [-0.39, 0.29) is 6.10 Å². The minimum Gasteiger partial charge on any atom is -0.490 e. The molecule has 2 rings (SSSR count). The van der Waals surface area contributed by atoms with E-state index < -0.39 is 0 Å². The van der Waals surface area contributed by atoms with Crippen molar-refractivity contribution in [1.82, 2.24) is 0 Å². The Morgan fingerprint density at radius 3 is 2.50 bits per heavy atom. The van der Waals surface area contributed by atoms with E-state index in [4.69, 9.17) is 4.74 Å². The molecule has 0 amide bonds. The molecule has 0 aliphatic heterocycles. The molecule has 100 valence electrons. The van der Waals surface area contributed by atoms with Gasteiger partial charge >= 0.3 is 0 Å². The highest BCUT2D eigenvalue weighted by Gasteiger charge is 2.23. The van der Waals surface area contributed by atoms with Gasteiger partial charge in [-0.2, -0.15) is 0 Å². The zero-order valence-electron chi connectivity index (χ0n) is 11.3. The Hall–Kier alpha value is -1.02. The molecular formula is C16H24O2. The maximum Gasteiger partial charge on any atom is 0.119 e. The topological polar surface area (TPSA) is 29.5 Å². The van der Waals surface area contributed by atoms with Gasteiger partial charge < -0.3 is 9.84 Å². The Balaban J connectivity index is 1.76. The fraction of sp³-hybridized carbons (Fsp3) is 0.625. The summed E-state index contributed by atoms with van der Waals surface area (Å²) in [6.45, 7) is 2.20. The van der Waals surface area contributed by atoms with Crippen LogP contribution in [0.1, 0.15) is 63.5 Å². The van der Waals surface area contributed by atoms with E-state index >= 15 is 0 Å². The number of benzene rings is 1. The molecule has 2 heteroatoms. The lowest BCUT2D eigenvalue weighted by Crippen LogP contribution is -1.99. The van der Waals surface area contributed by atoms with Crippen LogP contribution in [0.5, 0.6) is 5.75 Å². The Labute approximate surface area is 110 Å². The van der Waals surface area contributed by atoms with Crippen LogP contribution in [0, 0.1) is 0 Å². The first kappa shape index (κ1) is 13.4. The van der Waals surface area contributed by atoms with Crippen LogP contribution in [-0.4, -0.2) is 11.2 Å². The summed E-state index contributed by atoms with van der Waals surface area (Å²) in [4.78, 5) is 0. The minimum absolute atomic E-state index is 0.322. The summed E-state index contributed by atoms with van der Waals surface area (Å²) in [5, 5.41) is 10.1. The van der Waals surface area contributed by atoms with E-state index in [0.717, 1.165) is 24.2 Å². The summed E-state index contributed by atoms with van der Waals surface area (Å²) in [6.07, 6.45) is 8.18. The Bertz CT molecular complexity index is 341. The second-order valence-electron chi connectivity index (χ2n) is 5.25. The van der Waals surface area contributed by atoms with Crippen LogP contribution in [0.3, 0.4) is 0 Å². The monoisotopic (exact) mass is 248 g/mol. The van der Waals surface area contributed by atoms with Gasteiger partial charge in [-0.05, 0) is 37.0 Å². The van der Waals surface area contributed by atoms with Crippen molar-refractivity contribution in [2.75, 3.05) is 0 Å². The molecule has 1 fully saturated rings. The van der Waals surface area contributed by atoms with Crippen molar-refractivity contribution >= 4 is 0 Å². The van der Waals surface area contributed by atoms with Crippen molar-refractivity contribution in [3.05, 3.63) is 29.8 Å². The van der Waals surface area contributed by atoms with E-state index in [9.17, 15) is 5.11 Å². The maximum absolute atomic E-state index is 10.1. The number of rotatable bonds is 8. The van der Waals surface area contributed by atoms with Gasteiger partial charge in [-0.3, -0.25) is 0 Å². The van der Waals surface area contributed by atoms with Crippen molar-refractivity contribution in [3.8, 4) is 5.75 Å². The third-order valence-corrected chi connectivity index (χ3v) is 3.42. The summed E-state index contributed by atoms with van der Waals surface area (Å²) in [7, 11) is 0. The van der Waals surface area contributed by atoms with Crippen LogP contribution < -0.4 is 4.74 Å². The lowest BCUT2D eigenvalue weighted by molar-refractivity contribution is 0.163. The number of hydrogen-bond acceptors (Lipinski definition) is 2. The Morgan fingerprint density at radius 1 is 1.17 bits per heavy atom. The van der Waals surface area contributed by atoms with Gasteiger partial charge in [0.05, 0.1) is 12.2 Å². The number of aliphatic hydroxyl groups is 1. The lowest BCUT2D eigenvalue weighted by atomic mass is 10.0. The van der Waals surface area contributed by atoms with E-state index in [1.54, 1.807) is 0 Å². The highest BCUT2D eigenvalue weighted by molar-refractivity contribution is 5.29. The number of aliphatic hydroxyl groups excluding tert-OH is 1. The average Bonchev–Trinajstić information content (AvgIpc) is 3.19. The third-order valence-electron chi connectivity index (χ3n) is 3.42. The molecule has 1 atom stereocenters. The molecule has 0 radical (unpaired) electrons. The van der Waals surface area contributed by atoms with Crippen LogP contribution in [0.4, 0.5) is 0 Å². The Morgan fingerprint density at radius 2 is 1.89 bits per heavy atom. The molecule has 0 heterocycles. The van der Waals surface area contributed by atoms with Gasteiger partial charge in [0.2, 0.25) is 0 Å². The molecule has 0 saturated heterocycles. The zero-order valence-corrected chi connectivity index (χ0v) is 11.3. The van der Waals surface area contributed by atoms with Crippen molar-refractivity contribution < 1.29 is 9.84 Å². The third kappa shape index (κ3) is 4.34. The SMILES string of the molecule is CCCCCCC(O)c1ccc(OC2CC2)cc1. The van der Waals surface area contributed by atoms with Gasteiger partial charge in [0.25, 0.3) is 0 Å². The van der Waals surface area contributed by atoms with Crippen molar-refractivity contribution in [2.24, 2.45) is 0 Å². The largest absolute Gasteiger partial charge is 0.490 e. The first-order valence-corrected chi connectivity index (χ1v) is 7.24. The fourth-order valence-corrected chi connectivity index (χ4v) is 2.08. The number of unbranched alkanes of at least 4 members (excludes halogenated alkanes) is 3. The molecule has 1 unspecified atom stereocenters. The van der Waals surface area contributed by atoms with Gasteiger partial charge in [-0.1, -0.05) is 44.7 Å². The molecule has 18 heavy (non-hydrogen) atoms. The summed E-state index contributed by atoms with van der Waals surface area (Å²) in [5.41, 5.74) is 1.01. The van der Waals surface area contributed by atoms with Crippen LogP contribution >= 0.6 is 0 Å². The first-order chi connectivity index (χ1) is 8.79. The van der Waals surface area contributed by atoms with E-state index in [1.165, 1.54) is 32.1 Å². The summed E-state index contributed by atoms with van der Waals surface area (Å²) in [6, 6.07) is 7.93. The Kier molecular flexibility index (Phi) is 5.06. The molecule has 0 spiro atoms. The molecule has 1 aliphatic rings. The number of hydrogen-bond donors (Lipinski definition) is 1. The minimum atomic E-state index is -0.322. The maximum atomic E-state index is 10.1. The predicted octanol–water partition coefficient (Wildman–Crippen LogP) is 4.23. The molecule has 1 aliphatic carbocycles. The van der Waals surface area contributed by atoms with E-state index in [2.05, 4.69) is 6.92 Å². The summed E-state index contributed by atoms with van der Waals surface area (Å²) in [5.74, 6) is 0.930. The predicted molar refractivity (Wildman–Crippen MR) is 73.8 cm³/mol. The average molecular weight is 248 g/mol. The van der Waals surface area contributed by atoms with Crippen LogP contribution in [-0.2, 0) is 0 Å². The molecule has 1 N–H and O–H groups in total. The van der Waals surface area contributed by atoms with Gasteiger partial charge in [0, 0.05) is 0 Å². The molecule has 1 aromatic carbocycles. The standard InChI is InChI=1S/C16H24O2/c1-2-3-4-5-6-16(17)13-7-9-14(10-8-13)18-15-11-12-15/h7-10,15-17H,2-6,11-12H2,1H3. The van der Waals surface area contributed by atoms with E-state index in [0.29, 0.717) is 6.10 Å². The second kappa shape index (κ2) is 6.79. The van der Waals surface area contributed by atoms with Crippen molar-refractivity contribution in [2.45, 2.75) is 64.1 Å². The second-order valence-corrected chi connectivity index (χ2v) is 5.25. The van der Waals surface area contributed by atoms with Crippen LogP contribution in [0.15, 0.2) is 24.3 Å². The van der Waals surface area contributed by atoms with Gasteiger partial charge in [0.1, 0.15) is 5.75 Å². The summed E-state index contributed by atoms with van der Waals surface area (Å²) < 4.78 is 5.69.